The van der Waals surface area contributed by atoms with Crippen molar-refractivity contribution in [2.45, 2.75) is 57.7 Å². The highest BCUT2D eigenvalue weighted by Gasteiger charge is 2.37. The second-order valence-electron chi connectivity index (χ2n) is 7.34. The number of nitrogens with one attached hydrogen (secondary N) is 1. The van der Waals surface area contributed by atoms with Crippen molar-refractivity contribution in [3.63, 3.8) is 0 Å². The summed E-state index contributed by atoms with van der Waals surface area (Å²) in [7, 11) is 0. The molecule has 1 aliphatic heterocycles. The lowest BCUT2D eigenvalue weighted by Gasteiger charge is -2.19. The lowest BCUT2D eigenvalue weighted by atomic mass is 10.1. The van der Waals surface area contributed by atoms with Crippen LogP contribution in [0, 0.1) is 5.92 Å². The lowest BCUT2D eigenvalue weighted by molar-refractivity contribution is -0.158. The van der Waals surface area contributed by atoms with Gasteiger partial charge in [0.1, 0.15) is 0 Å². The van der Waals surface area contributed by atoms with E-state index in [1.165, 1.54) is 0 Å². The molecule has 0 spiro atoms. The molecular weight excluding hydrogens is 368 g/mol. The highest BCUT2D eigenvalue weighted by Crippen LogP contribution is 2.24. The molecule has 1 N–H and O–H groups in total. The zero-order chi connectivity index (χ0) is 19.4. The number of hydrogen-bond acceptors (Lipinski definition) is 4. The molecule has 7 heteroatoms. The third-order valence-electron chi connectivity index (χ3n) is 5.23. The first-order valence-electron chi connectivity index (χ1n) is 9.46. The SMILES string of the molecule is CC(OC(=O)C1CC(=O)N(Cc2ccccc2Cl)C1)C(=O)NC1CCCC1. The molecule has 1 saturated heterocycles. The number of halogens is 1. The van der Waals surface area contributed by atoms with Gasteiger partial charge in [0.05, 0.1) is 5.92 Å². The maximum absolute atomic E-state index is 12.4. The van der Waals surface area contributed by atoms with Gasteiger partial charge < -0.3 is 15.0 Å². The number of hydrogen-bond donors (Lipinski definition) is 1. The summed E-state index contributed by atoms with van der Waals surface area (Å²) in [6, 6.07) is 7.50. The molecule has 1 aliphatic carbocycles. The van der Waals surface area contributed by atoms with E-state index in [9.17, 15) is 14.4 Å². The van der Waals surface area contributed by atoms with Gasteiger partial charge in [-0.05, 0) is 31.4 Å². The van der Waals surface area contributed by atoms with Crippen molar-refractivity contribution < 1.29 is 19.1 Å². The molecule has 6 nitrogen and oxygen atoms in total. The second-order valence-corrected chi connectivity index (χ2v) is 7.74. The molecule has 2 amide bonds. The first-order valence-corrected chi connectivity index (χ1v) is 9.84. The highest BCUT2D eigenvalue weighted by atomic mass is 35.5. The van der Waals surface area contributed by atoms with Crippen LogP contribution in [-0.2, 0) is 25.7 Å². The topological polar surface area (TPSA) is 75.7 Å². The maximum Gasteiger partial charge on any atom is 0.312 e. The van der Waals surface area contributed by atoms with Gasteiger partial charge in [-0.25, -0.2) is 0 Å². The average molecular weight is 393 g/mol. The van der Waals surface area contributed by atoms with Crippen LogP contribution >= 0.6 is 11.6 Å². The van der Waals surface area contributed by atoms with Crippen LogP contribution in [0.25, 0.3) is 0 Å². The Kier molecular flexibility index (Phi) is 6.37. The number of nitrogens with zero attached hydrogens (tertiary/aromatic N) is 1. The Balaban J connectivity index is 1.51. The molecule has 2 aliphatic rings. The summed E-state index contributed by atoms with van der Waals surface area (Å²) in [5, 5.41) is 3.51. The largest absolute Gasteiger partial charge is 0.452 e. The van der Waals surface area contributed by atoms with E-state index in [0.717, 1.165) is 31.2 Å². The fourth-order valence-electron chi connectivity index (χ4n) is 3.63. The summed E-state index contributed by atoms with van der Waals surface area (Å²) in [6.45, 7) is 2.21. The highest BCUT2D eigenvalue weighted by molar-refractivity contribution is 6.31. The standard InChI is InChI=1S/C20H25ClN2O4/c1-13(19(25)22-16-7-3-4-8-16)27-20(26)15-10-18(24)23(12-15)11-14-6-2-5-9-17(14)21/h2,5-6,9,13,15-16H,3-4,7-8,10-12H2,1H3,(H,22,25). The van der Waals surface area contributed by atoms with Crippen LogP contribution in [0.5, 0.6) is 0 Å². The molecule has 1 aromatic rings. The normalized spacial score (nSPS) is 21.3. The van der Waals surface area contributed by atoms with Gasteiger partial charge in [-0.2, -0.15) is 0 Å². The van der Waals surface area contributed by atoms with Gasteiger partial charge in [-0.15, -0.1) is 0 Å². The number of amides is 2. The van der Waals surface area contributed by atoms with Crippen molar-refractivity contribution in [2.75, 3.05) is 6.54 Å². The zero-order valence-electron chi connectivity index (χ0n) is 15.4. The van der Waals surface area contributed by atoms with E-state index >= 15 is 0 Å². The molecule has 0 aromatic heterocycles. The predicted molar refractivity (Wildman–Crippen MR) is 101 cm³/mol. The summed E-state index contributed by atoms with van der Waals surface area (Å²) in [5.41, 5.74) is 0.839. The van der Waals surface area contributed by atoms with Gasteiger partial charge in [-0.1, -0.05) is 42.6 Å². The Labute approximate surface area is 164 Å². The van der Waals surface area contributed by atoms with Crippen molar-refractivity contribution in [1.29, 1.82) is 0 Å². The molecule has 0 bridgehead atoms. The Morgan fingerprint density at radius 1 is 1.30 bits per heavy atom. The molecule has 2 atom stereocenters. The quantitative estimate of drug-likeness (QED) is 0.755. The monoisotopic (exact) mass is 392 g/mol. The summed E-state index contributed by atoms with van der Waals surface area (Å²) in [5.74, 6) is -1.44. The van der Waals surface area contributed by atoms with Gasteiger partial charge in [0, 0.05) is 30.6 Å². The number of rotatable bonds is 6. The van der Waals surface area contributed by atoms with Gasteiger partial charge >= 0.3 is 5.97 Å². The molecule has 3 rings (SSSR count). The Morgan fingerprint density at radius 2 is 2.00 bits per heavy atom. The fraction of sp³-hybridized carbons (Fsp3) is 0.550. The third-order valence-corrected chi connectivity index (χ3v) is 5.60. The molecule has 1 saturated carbocycles. The van der Waals surface area contributed by atoms with Crippen LogP contribution in [0.1, 0.15) is 44.6 Å². The molecule has 0 radical (unpaired) electrons. The van der Waals surface area contributed by atoms with Crippen molar-refractivity contribution in [2.24, 2.45) is 5.92 Å². The Bertz CT molecular complexity index is 718. The first-order chi connectivity index (χ1) is 12.9. The van der Waals surface area contributed by atoms with Crippen LogP contribution in [-0.4, -0.2) is 41.4 Å². The molecule has 27 heavy (non-hydrogen) atoms. The number of benzene rings is 1. The van der Waals surface area contributed by atoms with E-state index in [4.69, 9.17) is 16.3 Å². The van der Waals surface area contributed by atoms with Crippen LogP contribution in [0.3, 0.4) is 0 Å². The number of likely N-dealkylation sites (tertiary alicyclic amines) is 1. The fourth-order valence-corrected chi connectivity index (χ4v) is 3.82. The maximum atomic E-state index is 12.4. The number of carbonyl (C=O) groups excluding carboxylic acids is 3. The minimum Gasteiger partial charge on any atom is -0.452 e. The van der Waals surface area contributed by atoms with Crippen molar-refractivity contribution in [1.82, 2.24) is 10.2 Å². The summed E-state index contributed by atoms with van der Waals surface area (Å²) in [4.78, 5) is 38.4. The van der Waals surface area contributed by atoms with E-state index in [1.54, 1.807) is 17.9 Å². The second kappa shape index (κ2) is 8.74. The number of esters is 1. The minimum atomic E-state index is -0.856. The molecule has 1 heterocycles. The van der Waals surface area contributed by atoms with Crippen LogP contribution < -0.4 is 5.32 Å². The molecule has 2 unspecified atom stereocenters. The zero-order valence-corrected chi connectivity index (χ0v) is 16.2. The van der Waals surface area contributed by atoms with Crippen LogP contribution in [0.15, 0.2) is 24.3 Å². The van der Waals surface area contributed by atoms with Gasteiger partial charge in [0.15, 0.2) is 6.10 Å². The number of ether oxygens (including phenoxy) is 1. The third kappa shape index (κ3) is 5.01. The minimum absolute atomic E-state index is 0.0975. The molecular formula is C20H25ClN2O4. The van der Waals surface area contributed by atoms with E-state index in [-0.39, 0.29) is 30.8 Å². The van der Waals surface area contributed by atoms with Crippen molar-refractivity contribution >= 4 is 29.4 Å². The summed E-state index contributed by atoms with van der Waals surface area (Å²) < 4.78 is 5.32. The van der Waals surface area contributed by atoms with E-state index in [0.29, 0.717) is 11.6 Å². The van der Waals surface area contributed by atoms with Crippen LogP contribution in [0.4, 0.5) is 0 Å². The van der Waals surface area contributed by atoms with Gasteiger partial charge in [0.25, 0.3) is 5.91 Å². The number of carbonyl (C=O) groups is 3. The van der Waals surface area contributed by atoms with Gasteiger partial charge in [-0.3, -0.25) is 14.4 Å². The summed E-state index contributed by atoms with van der Waals surface area (Å²) in [6.07, 6.45) is 3.42. The smallest absolute Gasteiger partial charge is 0.312 e. The van der Waals surface area contributed by atoms with E-state index in [2.05, 4.69) is 5.32 Å². The molecule has 1 aromatic carbocycles. The van der Waals surface area contributed by atoms with Crippen LogP contribution in [0.2, 0.25) is 5.02 Å². The average Bonchev–Trinajstić information content (AvgIpc) is 3.27. The predicted octanol–water partition coefficient (Wildman–Crippen LogP) is 2.68. The van der Waals surface area contributed by atoms with Crippen molar-refractivity contribution in [3.05, 3.63) is 34.9 Å². The van der Waals surface area contributed by atoms with E-state index in [1.807, 2.05) is 18.2 Å². The first kappa shape index (κ1) is 19.7. The van der Waals surface area contributed by atoms with Crippen molar-refractivity contribution in [3.8, 4) is 0 Å². The lowest BCUT2D eigenvalue weighted by Crippen LogP contribution is -2.41. The summed E-state index contributed by atoms with van der Waals surface area (Å²) >= 11 is 6.15. The van der Waals surface area contributed by atoms with Gasteiger partial charge in [0.2, 0.25) is 5.91 Å². The molecule has 2 fully saturated rings. The Hall–Kier alpha value is -2.08. The molecule has 146 valence electrons. The van der Waals surface area contributed by atoms with E-state index < -0.39 is 18.0 Å². The Morgan fingerprint density at radius 3 is 2.70 bits per heavy atom.